The lowest BCUT2D eigenvalue weighted by molar-refractivity contribution is -0.0627. The van der Waals surface area contributed by atoms with Crippen molar-refractivity contribution in [2.45, 2.75) is 5.92 Å². The third-order valence-electron chi connectivity index (χ3n) is 2.39. The molecule has 0 fully saturated rings. The maximum absolute atomic E-state index is 13.0. The van der Waals surface area contributed by atoms with E-state index in [-0.39, 0.29) is 11.1 Å². The van der Waals surface area contributed by atoms with E-state index in [1.165, 1.54) is 12.3 Å². The second-order valence-corrected chi connectivity index (χ2v) is 3.63. The number of rotatable bonds is 3. The molecule has 1 aromatic rings. The molecule has 1 aromatic heterocycles. The predicted molar refractivity (Wildman–Crippen MR) is 51.6 cm³/mol. The summed E-state index contributed by atoms with van der Waals surface area (Å²) in [5.41, 5.74) is 0.0602. The molecule has 0 aromatic carbocycles. The number of carbonyl (C=O) groups excluding carboxylic acids is 2. The molecule has 1 aliphatic rings. The number of hydrogen-bond donors (Lipinski definition) is 1. The van der Waals surface area contributed by atoms with Crippen LogP contribution in [0.15, 0.2) is 18.5 Å². The van der Waals surface area contributed by atoms with Crippen LogP contribution in [0.4, 0.5) is 8.78 Å². The molecule has 1 N–H and O–H groups in total. The maximum Gasteiger partial charge on any atom is 0.288 e. The summed E-state index contributed by atoms with van der Waals surface area (Å²) in [5, 5.41) is 8.43. The summed E-state index contributed by atoms with van der Waals surface area (Å²) in [7, 11) is 0. The number of pyridine rings is 1. The van der Waals surface area contributed by atoms with Crippen molar-refractivity contribution in [2.24, 2.45) is 0 Å². The van der Waals surface area contributed by atoms with Gasteiger partial charge < -0.3 is 5.11 Å². The summed E-state index contributed by atoms with van der Waals surface area (Å²) >= 11 is 0. The first-order valence-electron chi connectivity index (χ1n) is 4.75. The smallest absolute Gasteiger partial charge is 0.288 e. The molecule has 17 heavy (non-hydrogen) atoms. The number of imide groups is 1. The molecule has 2 rings (SSSR count). The van der Waals surface area contributed by atoms with E-state index in [1.54, 1.807) is 0 Å². The number of halogens is 2. The predicted octanol–water partition coefficient (Wildman–Crippen LogP) is 0.305. The summed E-state index contributed by atoms with van der Waals surface area (Å²) in [4.78, 5) is 27.4. The van der Waals surface area contributed by atoms with Crippen LogP contribution in [0.5, 0.6) is 0 Å². The van der Waals surface area contributed by atoms with E-state index >= 15 is 0 Å². The van der Waals surface area contributed by atoms with Crippen LogP contribution in [0, 0.1) is 0 Å². The van der Waals surface area contributed by atoms with Gasteiger partial charge in [0.15, 0.2) is 0 Å². The number of carbonyl (C=O) groups is 2. The lowest BCUT2D eigenvalue weighted by atomic mass is 10.2. The number of aromatic nitrogens is 1. The van der Waals surface area contributed by atoms with Gasteiger partial charge in [-0.3, -0.25) is 19.5 Å². The second kappa shape index (κ2) is 3.85. The first-order chi connectivity index (χ1) is 7.96. The van der Waals surface area contributed by atoms with Gasteiger partial charge >= 0.3 is 0 Å². The Morgan fingerprint density at radius 3 is 2.53 bits per heavy atom. The Labute approximate surface area is 94.7 Å². The number of nitrogens with zero attached hydrogens (tertiary/aromatic N) is 2. The topological polar surface area (TPSA) is 70.5 Å². The van der Waals surface area contributed by atoms with Gasteiger partial charge in [0.1, 0.15) is 6.61 Å². The van der Waals surface area contributed by atoms with Gasteiger partial charge in [0, 0.05) is 12.4 Å². The zero-order valence-corrected chi connectivity index (χ0v) is 8.56. The molecule has 1 aliphatic heterocycles. The highest BCUT2D eigenvalue weighted by atomic mass is 19.3. The van der Waals surface area contributed by atoms with Crippen molar-refractivity contribution in [3.63, 3.8) is 0 Å². The Morgan fingerprint density at radius 2 is 1.94 bits per heavy atom. The average Bonchev–Trinajstić information content (AvgIpc) is 2.55. The Morgan fingerprint density at radius 1 is 1.29 bits per heavy atom. The lowest BCUT2D eigenvalue weighted by Crippen LogP contribution is -2.42. The van der Waals surface area contributed by atoms with Crippen LogP contribution in [0.2, 0.25) is 0 Å². The van der Waals surface area contributed by atoms with Gasteiger partial charge in [-0.25, -0.2) is 8.78 Å². The van der Waals surface area contributed by atoms with Crippen LogP contribution in [0.3, 0.4) is 0 Å². The van der Waals surface area contributed by atoms with E-state index in [0.717, 1.165) is 6.20 Å². The molecule has 0 bridgehead atoms. The molecule has 0 unspecified atom stereocenters. The van der Waals surface area contributed by atoms with Crippen molar-refractivity contribution in [3.05, 3.63) is 29.6 Å². The molecule has 2 heterocycles. The molecule has 0 aliphatic carbocycles. The normalized spacial score (nSPS) is 15.4. The van der Waals surface area contributed by atoms with Crippen molar-refractivity contribution in [2.75, 3.05) is 13.2 Å². The monoisotopic (exact) mass is 242 g/mol. The molecule has 0 radical (unpaired) electrons. The van der Waals surface area contributed by atoms with Crippen molar-refractivity contribution < 1.29 is 23.5 Å². The number of aliphatic hydroxyl groups excluding tert-OH is 1. The first-order valence-corrected chi connectivity index (χ1v) is 4.75. The Bertz CT molecular complexity index is 455. The van der Waals surface area contributed by atoms with Gasteiger partial charge in [-0.05, 0) is 6.07 Å². The van der Waals surface area contributed by atoms with Gasteiger partial charge in [-0.2, -0.15) is 0 Å². The fraction of sp³-hybridized carbons (Fsp3) is 0.300. The highest BCUT2D eigenvalue weighted by Crippen LogP contribution is 2.25. The standard InChI is InChI=1S/C10H8F2N2O3/c11-10(12,5-15)4-14-8(16)6-1-2-13-3-7(6)9(14)17/h1-3,15H,4-5H2. The zero-order valence-electron chi connectivity index (χ0n) is 8.56. The van der Waals surface area contributed by atoms with Crippen LogP contribution in [0.1, 0.15) is 20.7 Å². The molecule has 5 nitrogen and oxygen atoms in total. The van der Waals surface area contributed by atoms with E-state index in [4.69, 9.17) is 5.11 Å². The number of fused-ring (bicyclic) bond motifs is 1. The molecular formula is C10H8F2N2O3. The van der Waals surface area contributed by atoms with Gasteiger partial charge in [0.25, 0.3) is 17.7 Å². The molecule has 0 spiro atoms. The summed E-state index contributed by atoms with van der Waals surface area (Å²) in [6, 6.07) is 1.30. The van der Waals surface area contributed by atoms with Crippen LogP contribution >= 0.6 is 0 Å². The Hall–Kier alpha value is -1.89. The largest absolute Gasteiger partial charge is 0.390 e. The van der Waals surface area contributed by atoms with E-state index in [1.807, 2.05) is 0 Å². The van der Waals surface area contributed by atoms with Gasteiger partial charge in [-0.1, -0.05) is 0 Å². The molecular weight excluding hydrogens is 234 g/mol. The van der Waals surface area contributed by atoms with Crippen LogP contribution in [-0.4, -0.2) is 45.9 Å². The minimum atomic E-state index is -3.50. The lowest BCUT2D eigenvalue weighted by Gasteiger charge is -2.20. The maximum atomic E-state index is 13.0. The van der Waals surface area contributed by atoms with E-state index in [2.05, 4.69) is 4.98 Å². The molecule has 0 saturated carbocycles. The molecule has 7 heteroatoms. The summed E-state index contributed by atoms with van der Waals surface area (Å²) < 4.78 is 25.9. The fourth-order valence-electron chi connectivity index (χ4n) is 1.56. The SMILES string of the molecule is O=C1c2ccncc2C(=O)N1CC(F)(F)CO. The highest BCUT2D eigenvalue weighted by molar-refractivity contribution is 6.21. The van der Waals surface area contributed by atoms with Crippen LogP contribution in [0.25, 0.3) is 0 Å². The number of hydrogen-bond acceptors (Lipinski definition) is 4. The quantitative estimate of drug-likeness (QED) is 0.774. The van der Waals surface area contributed by atoms with Crippen molar-refractivity contribution in [3.8, 4) is 0 Å². The van der Waals surface area contributed by atoms with Crippen molar-refractivity contribution in [1.29, 1.82) is 0 Å². The van der Waals surface area contributed by atoms with E-state index in [0.29, 0.717) is 4.90 Å². The molecule has 0 saturated heterocycles. The highest BCUT2D eigenvalue weighted by Gasteiger charge is 2.42. The summed E-state index contributed by atoms with van der Waals surface area (Å²) in [6.07, 6.45) is 2.46. The summed E-state index contributed by atoms with van der Waals surface area (Å²) in [6.45, 7) is -2.55. The van der Waals surface area contributed by atoms with Crippen LogP contribution in [-0.2, 0) is 0 Å². The number of aliphatic hydroxyl groups is 1. The van der Waals surface area contributed by atoms with Gasteiger partial charge in [0.2, 0.25) is 0 Å². The minimum absolute atomic E-state index is 0.00578. The zero-order chi connectivity index (χ0) is 12.6. The third-order valence-corrected chi connectivity index (χ3v) is 2.39. The minimum Gasteiger partial charge on any atom is -0.390 e. The Kier molecular flexibility index (Phi) is 2.62. The molecule has 0 atom stereocenters. The van der Waals surface area contributed by atoms with E-state index < -0.39 is 30.9 Å². The Balaban J connectivity index is 2.31. The second-order valence-electron chi connectivity index (χ2n) is 3.63. The van der Waals surface area contributed by atoms with Crippen molar-refractivity contribution >= 4 is 11.8 Å². The first kappa shape index (κ1) is 11.6. The molecule has 2 amide bonds. The van der Waals surface area contributed by atoms with Crippen molar-refractivity contribution in [1.82, 2.24) is 9.88 Å². The number of amides is 2. The van der Waals surface area contributed by atoms with Gasteiger partial charge in [-0.15, -0.1) is 0 Å². The van der Waals surface area contributed by atoms with Crippen LogP contribution < -0.4 is 0 Å². The third kappa shape index (κ3) is 1.89. The van der Waals surface area contributed by atoms with Gasteiger partial charge in [0.05, 0.1) is 17.7 Å². The molecule has 90 valence electrons. The number of alkyl halides is 2. The average molecular weight is 242 g/mol. The van der Waals surface area contributed by atoms with E-state index in [9.17, 15) is 18.4 Å². The fourth-order valence-corrected chi connectivity index (χ4v) is 1.56. The summed E-state index contributed by atoms with van der Waals surface area (Å²) in [5.74, 6) is -5.10.